The molecule has 0 fully saturated rings. The van der Waals surface area contributed by atoms with Crippen LogP contribution in [-0.2, 0) is 30.5 Å². The van der Waals surface area contributed by atoms with Crippen molar-refractivity contribution in [3.63, 3.8) is 0 Å². The summed E-state index contributed by atoms with van der Waals surface area (Å²) in [5.41, 5.74) is 6.62. The minimum atomic E-state index is -1.58. The fourth-order valence-electron chi connectivity index (χ4n) is 5.02. The predicted molar refractivity (Wildman–Crippen MR) is 166 cm³/mol. The summed E-state index contributed by atoms with van der Waals surface area (Å²) in [6, 6.07) is 20.0. The van der Waals surface area contributed by atoms with E-state index in [-0.39, 0.29) is 6.04 Å². The van der Waals surface area contributed by atoms with E-state index < -0.39 is 11.1 Å². The average Bonchev–Trinajstić information content (AvgIpc) is 3.02. The molecule has 7 heteroatoms. The van der Waals surface area contributed by atoms with Crippen LogP contribution in [-0.4, -0.2) is 29.9 Å². The molecular formula is C34H40N2O4S. The monoisotopic (exact) mass is 572 g/mol. The maximum absolute atomic E-state index is 13.0. The molecule has 3 aromatic rings. The number of methoxy groups -OCH3 is 2. The van der Waals surface area contributed by atoms with Gasteiger partial charge in [0.25, 0.3) is 0 Å². The first-order chi connectivity index (χ1) is 19.9. The molecule has 216 valence electrons. The van der Waals surface area contributed by atoms with Gasteiger partial charge in [0.2, 0.25) is 11.1 Å². The molecule has 0 aliphatic carbocycles. The van der Waals surface area contributed by atoms with Gasteiger partial charge in [-0.25, -0.2) is 4.21 Å². The van der Waals surface area contributed by atoms with Crippen molar-refractivity contribution < 1.29 is 17.9 Å². The number of nitrogens with zero attached hydrogens (tertiary/aromatic N) is 2. The normalized spacial score (nSPS) is 16.0. The smallest absolute Gasteiger partial charge is 0.240 e. The molecule has 2 unspecified atom stereocenters. The van der Waals surface area contributed by atoms with Crippen molar-refractivity contribution in [3.8, 4) is 23.3 Å². The van der Waals surface area contributed by atoms with Gasteiger partial charge in [0, 0.05) is 35.8 Å². The maximum atomic E-state index is 13.0. The van der Waals surface area contributed by atoms with Crippen molar-refractivity contribution in [1.82, 2.24) is 4.90 Å². The van der Waals surface area contributed by atoms with Gasteiger partial charge in [-0.2, -0.15) is 5.26 Å². The Balaban J connectivity index is 0.000000452. The number of rotatable bonds is 6. The quantitative estimate of drug-likeness (QED) is 0.226. The largest absolute Gasteiger partial charge is 0.497 e. The van der Waals surface area contributed by atoms with Crippen molar-refractivity contribution in [1.29, 1.82) is 5.26 Å². The zero-order chi connectivity index (χ0) is 29.9. The number of ether oxygens (including phenoxy) is 2. The second-order valence-electron chi connectivity index (χ2n) is 9.42. The number of allylic oxidation sites excluding steroid dienone is 3. The Morgan fingerprint density at radius 2 is 1.76 bits per heavy atom. The number of benzene rings is 3. The Morgan fingerprint density at radius 1 is 1.05 bits per heavy atom. The van der Waals surface area contributed by atoms with Crippen molar-refractivity contribution in [2.75, 3.05) is 20.8 Å². The third-order valence-electron chi connectivity index (χ3n) is 7.18. The Hall–Kier alpha value is -3.86. The summed E-state index contributed by atoms with van der Waals surface area (Å²) in [7, 11) is 3.41. The van der Waals surface area contributed by atoms with Gasteiger partial charge in [-0.15, -0.1) is 0 Å². The SMILES string of the molecule is C=C/C(C#N)=C\C.CC.COc1ccc2c(c1)CCN1Cc3c(OC)ccc(OS(=O)c4ccc(C)cc4)c3CC21. The molecule has 0 spiro atoms. The van der Waals surface area contributed by atoms with E-state index in [0.717, 1.165) is 54.1 Å². The third-order valence-corrected chi connectivity index (χ3v) is 8.17. The van der Waals surface area contributed by atoms with Crippen molar-refractivity contribution in [3.05, 3.63) is 107 Å². The molecule has 2 aliphatic heterocycles. The van der Waals surface area contributed by atoms with Gasteiger partial charge < -0.3 is 13.7 Å². The summed E-state index contributed by atoms with van der Waals surface area (Å²) in [4.78, 5) is 3.16. The lowest BCUT2D eigenvalue weighted by Crippen LogP contribution is -2.39. The highest BCUT2D eigenvalue weighted by molar-refractivity contribution is 7.80. The molecule has 2 atom stereocenters. The Kier molecular flexibility index (Phi) is 11.8. The highest BCUT2D eigenvalue weighted by Gasteiger charge is 2.35. The second-order valence-corrected chi connectivity index (χ2v) is 10.5. The zero-order valence-electron chi connectivity index (χ0n) is 24.9. The molecule has 0 saturated carbocycles. The van der Waals surface area contributed by atoms with Gasteiger partial charge in [0.05, 0.1) is 25.2 Å². The van der Waals surface area contributed by atoms with Crippen LogP contribution in [0.25, 0.3) is 0 Å². The summed E-state index contributed by atoms with van der Waals surface area (Å²) < 4.78 is 30.1. The summed E-state index contributed by atoms with van der Waals surface area (Å²) in [6.45, 7) is 13.0. The molecule has 2 heterocycles. The summed E-state index contributed by atoms with van der Waals surface area (Å²) in [5, 5.41) is 8.14. The number of aryl methyl sites for hydroxylation is 1. The van der Waals surface area contributed by atoms with Crippen LogP contribution in [0.4, 0.5) is 0 Å². The molecule has 0 radical (unpaired) electrons. The maximum Gasteiger partial charge on any atom is 0.240 e. The second kappa shape index (κ2) is 15.2. The molecule has 6 nitrogen and oxygen atoms in total. The topological polar surface area (TPSA) is 71.8 Å². The molecule has 0 bridgehead atoms. The molecule has 0 N–H and O–H groups in total. The number of fused-ring (bicyclic) bond motifs is 4. The standard InChI is InChI=1S/C26H27NO4S.C6H7N.C2H6/c1-17-4-7-20(8-5-17)32(28)31-26-11-10-25(30-3)23-16-27-13-12-18-14-19(29-2)6-9-21(18)24(27)15-22(23)26;1-3-6(4-2)5-7;1-2/h4-11,14,24H,12-13,15-16H2,1-3H3;3-4H,1H2,2H3;1-2H3/b;6-4+;. The van der Waals surface area contributed by atoms with Gasteiger partial charge in [0.1, 0.15) is 17.2 Å². The predicted octanol–water partition coefficient (Wildman–Crippen LogP) is 7.44. The van der Waals surface area contributed by atoms with Crippen LogP contribution in [0.5, 0.6) is 17.2 Å². The summed E-state index contributed by atoms with van der Waals surface area (Å²) >= 11 is -1.58. The fourth-order valence-corrected chi connectivity index (χ4v) is 5.79. The molecule has 3 aromatic carbocycles. The molecule has 41 heavy (non-hydrogen) atoms. The highest BCUT2D eigenvalue weighted by atomic mass is 32.2. The van der Waals surface area contributed by atoms with E-state index in [0.29, 0.717) is 16.2 Å². The van der Waals surface area contributed by atoms with Crippen LogP contribution in [0.3, 0.4) is 0 Å². The van der Waals surface area contributed by atoms with E-state index in [9.17, 15) is 4.21 Å². The Bertz CT molecular complexity index is 1440. The molecule has 0 amide bonds. The Morgan fingerprint density at radius 3 is 2.34 bits per heavy atom. The summed E-state index contributed by atoms with van der Waals surface area (Å²) in [5.74, 6) is 2.42. The number of hydrogen-bond donors (Lipinski definition) is 0. The van der Waals surface area contributed by atoms with Gasteiger partial charge in [-0.05, 0) is 74.2 Å². The molecule has 0 aromatic heterocycles. The Labute approximate surface area is 247 Å². The minimum Gasteiger partial charge on any atom is -0.497 e. The van der Waals surface area contributed by atoms with E-state index in [2.05, 4.69) is 23.6 Å². The third kappa shape index (κ3) is 7.46. The van der Waals surface area contributed by atoms with Gasteiger partial charge in [-0.3, -0.25) is 4.90 Å². The van der Waals surface area contributed by atoms with Crippen LogP contribution >= 0.6 is 0 Å². The van der Waals surface area contributed by atoms with Crippen molar-refractivity contribution in [2.24, 2.45) is 0 Å². The molecule has 5 rings (SSSR count). The number of hydrogen-bond acceptors (Lipinski definition) is 6. The first kappa shape index (κ1) is 31.7. The average molecular weight is 573 g/mol. The molecule has 2 aliphatic rings. The lowest BCUT2D eigenvalue weighted by Gasteiger charge is -2.42. The van der Waals surface area contributed by atoms with Crippen LogP contribution in [0.1, 0.15) is 54.6 Å². The lowest BCUT2D eigenvalue weighted by atomic mass is 9.83. The van der Waals surface area contributed by atoms with Gasteiger partial charge >= 0.3 is 0 Å². The van der Waals surface area contributed by atoms with Gasteiger partial charge in [-0.1, -0.05) is 56.3 Å². The highest BCUT2D eigenvalue weighted by Crippen LogP contribution is 2.44. The van der Waals surface area contributed by atoms with E-state index in [1.54, 1.807) is 27.2 Å². The van der Waals surface area contributed by atoms with Crippen LogP contribution < -0.4 is 13.7 Å². The zero-order valence-corrected chi connectivity index (χ0v) is 25.7. The molecular weight excluding hydrogens is 532 g/mol. The lowest BCUT2D eigenvalue weighted by molar-refractivity contribution is 0.157. The van der Waals surface area contributed by atoms with Crippen LogP contribution in [0.15, 0.2) is 83.8 Å². The van der Waals surface area contributed by atoms with E-state index >= 15 is 0 Å². The minimum absolute atomic E-state index is 0.249. The van der Waals surface area contributed by atoms with E-state index in [1.165, 1.54) is 17.2 Å². The van der Waals surface area contributed by atoms with Gasteiger partial charge in [0.15, 0.2) is 0 Å². The first-order valence-electron chi connectivity index (χ1n) is 13.9. The van der Waals surface area contributed by atoms with Crippen molar-refractivity contribution in [2.45, 2.75) is 58.0 Å². The fraction of sp³-hybridized carbons (Fsp3) is 0.324. The van der Waals surface area contributed by atoms with Crippen LogP contribution in [0.2, 0.25) is 0 Å². The number of nitriles is 1. The first-order valence-corrected chi connectivity index (χ1v) is 14.9. The van der Waals surface area contributed by atoms with E-state index in [4.69, 9.17) is 18.9 Å². The van der Waals surface area contributed by atoms with E-state index in [1.807, 2.05) is 69.3 Å². The molecule has 0 saturated heterocycles. The van der Waals surface area contributed by atoms with Crippen LogP contribution in [0, 0.1) is 18.3 Å². The van der Waals surface area contributed by atoms with Crippen molar-refractivity contribution >= 4 is 11.1 Å². The summed E-state index contributed by atoms with van der Waals surface area (Å²) in [6.07, 6.45) is 5.02.